The lowest BCUT2D eigenvalue weighted by Crippen LogP contribution is -2.09. The Morgan fingerprint density at radius 1 is 1.06 bits per heavy atom. The number of ether oxygens (including phenoxy) is 3. The number of cyclic esters (lactones) is 1. The first-order valence-corrected chi connectivity index (χ1v) is 11.4. The van der Waals surface area contributed by atoms with E-state index in [0.29, 0.717) is 22.6 Å². The van der Waals surface area contributed by atoms with Crippen LogP contribution in [0, 0.1) is 6.92 Å². The van der Waals surface area contributed by atoms with E-state index in [-0.39, 0.29) is 28.1 Å². The molecule has 0 saturated heterocycles. The number of hydrogen-bond donors (Lipinski definition) is 0. The molecule has 1 aliphatic rings. The smallest absolute Gasteiger partial charge is 0.363 e. The van der Waals surface area contributed by atoms with Gasteiger partial charge in [0.25, 0.3) is 0 Å². The zero-order valence-corrected chi connectivity index (χ0v) is 20.6. The summed E-state index contributed by atoms with van der Waals surface area (Å²) in [7, 11) is 1.44. The minimum absolute atomic E-state index is 0.0883. The van der Waals surface area contributed by atoms with E-state index in [2.05, 4.69) is 18.8 Å². The molecule has 0 saturated carbocycles. The maximum atomic E-state index is 12.6. The minimum Gasteiger partial charge on any atom is -0.493 e. The molecule has 0 aliphatic carbocycles. The fourth-order valence-corrected chi connectivity index (χ4v) is 3.72. The number of carbonyl (C=O) groups excluding carboxylic acids is 2. The number of halogens is 1. The van der Waals surface area contributed by atoms with Crippen LogP contribution in [-0.4, -0.2) is 24.9 Å². The first kappa shape index (κ1) is 24.2. The van der Waals surface area contributed by atoms with Gasteiger partial charge in [0.1, 0.15) is 0 Å². The van der Waals surface area contributed by atoms with Crippen molar-refractivity contribution in [3.8, 4) is 11.5 Å². The third kappa shape index (κ3) is 5.44. The SMILES string of the molecule is COc1cc(/C=C2\N=C(c3ccc(C(C)C)cc3)OC2=O)cc(Cl)c1OC(=O)c1ccc(C)cc1. The average molecular weight is 490 g/mol. The second-order valence-corrected chi connectivity index (χ2v) is 8.81. The van der Waals surface area contributed by atoms with Gasteiger partial charge in [0.15, 0.2) is 17.2 Å². The van der Waals surface area contributed by atoms with Crippen LogP contribution in [0.1, 0.15) is 52.4 Å². The molecule has 7 heteroatoms. The molecular weight excluding hydrogens is 466 g/mol. The van der Waals surface area contributed by atoms with Crippen LogP contribution in [0.15, 0.2) is 71.4 Å². The Bertz CT molecular complexity index is 1340. The van der Waals surface area contributed by atoms with E-state index in [1.54, 1.807) is 24.3 Å². The molecule has 0 fully saturated rings. The third-order valence-electron chi connectivity index (χ3n) is 5.48. The first-order valence-electron chi connectivity index (χ1n) is 11.0. The molecule has 0 atom stereocenters. The quantitative estimate of drug-likeness (QED) is 0.229. The maximum Gasteiger partial charge on any atom is 0.363 e. The molecule has 6 nitrogen and oxygen atoms in total. The highest BCUT2D eigenvalue weighted by atomic mass is 35.5. The van der Waals surface area contributed by atoms with E-state index in [1.807, 2.05) is 43.3 Å². The van der Waals surface area contributed by atoms with Gasteiger partial charge >= 0.3 is 11.9 Å². The van der Waals surface area contributed by atoms with Crippen molar-refractivity contribution in [1.82, 2.24) is 0 Å². The highest BCUT2D eigenvalue weighted by Crippen LogP contribution is 2.38. The number of benzene rings is 3. The molecule has 0 radical (unpaired) electrons. The molecule has 1 aliphatic heterocycles. The zero-order valence-electron chi connectivity index (χ0n) is 19.8. The lowest BCUT2D eigenvalue weighted by atomic mass is 10.0. The second kappa shape index (κ2) is 10.2. The van der Waals surface area contributed by atoms with Crippen LogP contribution >= 0.6 is 11.6 Å². The van der Waals surface area contributed by atoms with Crippen molar-refractivity contribution in [3.63, 3.8) is 0 Å². The number of esters is 2. The fourth-order valence-electron chi connectivity index (χ4n) is 3.46. The second-order valence-electron chi connectivity index (χ2n) is 8.40. The van der Waals surface area contributed by atoms with Gasteiger partial charge in [0.05, 0.1) is 17.7 Å². The topological polar surface area (TPSA) is 74.2 Å². The van der Waals surface area contributed by atoms with E-state index >= 15 is 0 Å². The minimum atomic E-state index is -0.571. The van der Waals surface area contributed by atoms with Crippen molar-refractivity contribution >= 4 is 35.5 Å². The number of aryl methyl sites for hydroxylation is 1. The number of rotatable bonds is 6. The average Bonchev–Trinajstić information content (AvgIpc) is 3.20. The van der Waals surface area contributed by atoms with Crippen molar-refractivity contribution in [1.29, 1.82) is 0 Å². The molecule has 3 aromatic rings. The van der Waals surface area contributed by atoms with Crippen LogP contribution in [0.3, 0.4) is 0 Å². The summed E-state index contributed by atoms with van der Waals surface area (Å²) >= 11 is 6.42. The number of carbonyl (C=O) groups is 2. The fraction of sp³-hybridized carbons (Fsp3) is 0.179. The Hall–Kier alpha value is -3.90. The van der Waals surface area contributed by atoms with Gasteiger partial charge in [-0.25, -0.2) is 14.6 Å². The van der Waals surface area contributed by atoms with Crippen LogP contribution in [0.5, 0.6) is 11.5 Å². The summed E-state index contributed by atoms with van der Waals surface area (Å²) in [5, 5.41) is 0.150. The Balaban J connectivity index is 1.59. The van der Waals surface area contributed by atoms with Crippen LogP contribution in [0.2, 0.25) is 5.02 Å². The molecule has 0 amide bonds. The standard InChI is InChI=1S/C28H24ClNO5/c1-16(2)19-9-11-20(12-10-19)26-30-23(28(32)35-26)14-18-13-22(29)25(24(15-18)33-4)34-27(31)21-7-5-17(3)6-8-21/h5-16H,1-4H3/b23-14-. The van der Waals surface area contributed by atoms with E-state index in [4.69, 9.17) is 25.8 Å². The largest absolute Gasteiger partial charge is 0.493 e. The van der Waals surface area contributed by atoms with Crippen LogP contribution in [0.25, 0.3) is 6.08 Å². The van der Waals surface area contributed by atoms with E-state index < -0.39 is 11.9 Å². The molecule has 0 spiro atoms. The van der Waals surface area contributed by atoms with Crippen molar-refractivity contribution in [2.24, 2.45) is 4.99 Å². The summed E-state index contributed by atoms with van der Waals surface area (Å²) in [6.45, 7) is 6.14. The Morgan fingerprint density at radius 3 is 2.37 bits per heavy atom. The van der Waals surface area contributed by atoms with Gasteiger partial charge < -0.3 is 14.2 Å². The lowest BCUT2D eigenvalue weighted by Gasteiger charge is -2.12. The van der Waals surface area contributed by atoms with E-state index in [1.165, 1.54) is 18.7 Å². The van der Waals surface area contributed by atoms with Crippen molar-refractivity contribution < 1.29 is 23.8 Å². The van der Waals surface area contributed by atoms with Gasteiger partial charge in [0, 0.05) is 5.56 Å². The molecule has 1 heterocycles. The van der Waals surface area contributed by atoms with E-state index in [0.717, 1.165) is 5.56 Å². The molecule has 0 aromatic heterocycles. The van der Waals surface area contributed by atoms with Gasteiger partial charge in [-0.15, -0.1) is 0 Å². The summed E-state index contributed by atoms with van der Waals surface area (Å²) in [5.74, 6) is -0.175. The van der Waals surface area contributed by atoms with Crippen LogP contribution in [0.4, 0.5) is 0 Å². The van der Waals surface area contributed by atoms with Crippen molar-refractivity contribution in [2.75, 3.05) is 7.11 Å². The molecule has 35 heavy (non-hydrogen) atoms. The Labute approximate surface area is 208 Å². The summed E-state index contributed by atoms with van der Waals surface area (Å²) in [4.78, 5) is 29.3. The Morgan fingerprint density at radius 2 is 1.74 bits per heavy atom. The normalized spacial score (nSPS) is 14.2. The van der Waals surface area contributed by atoms with Gasteiger partial charge in [-0.2, -0.15) is 0 Å². The van der Waals surface area contributed by atoms with Gasteiger partial charge in [-0.1, -0.05) is 55.3 Å². The molecule has 0 N–H and O–H groups in total. The number of methoxy groups -OCH3 is 1. The molecule has 4 rings (SSSR count). The van der Waals surface area contributed by atoms with Crippen molar-refractivity contribution in [2.45, 2.75) is 26.7 Å². The summed E-state index contributed by atoms with van der Waals surface area (Å²) in [5.41, 5.74) is 3.96. The highest BCUT2D eigenvalue weighted by Gasteiger charge is 2.25. The van der Waals surface area contributed by atoms with Crippen molar-refractivity contribution in [3.05, 3.63) is 99.2 Å². The maximum absolute atomic E-state index is 12.6. The van der Waals surface area contributed by atoms with Crippen LogP contribution in [-0.2, 0) is 9.53 Å². The van der Waals surface area contributed by atoms with Gasteiger partial charge in [0.2, 0.25) is 5.90 Å². The number of nitrogens with zero attached hydrogens (tertiary/aromatic N) is 1. The molecule has 0 unspecified atom stereocenters. The van der Waals surface area contributed by atoms with Crippen LogP contribution < -0.4 is 9.47 Å². The Kier molecular flexibility index (Phi) is 7.03. The number of aliphatic imine (C=N–C) groups is 1. The predicted octanol–water partition coefficient (Wildman–Crippen LogP) is 6.34. The van der Waals surface area contributed by atoms with E-state index in [9.17, 15) is 9.59 Å². The predicted molar refractivity (Wildman–Crippen MR) is 135 cm³/mol. The van der Waals surface area contributed by atoms with Gasteiger partial charge in [-0.3, -0.25) is 0 Å². The molecule has 0 bridgehead atoms. The molecule has 178 valence electrons. The zero-order chi connectivity index (χ0) is 25.1. The third-order valence-corrected chi connectivity index (χ3v) is 5.76. The summed E-state index contributed by atoms with van der Waals surface area (Å²) in [6.07, 6.45) is 1.54. The summed E-state index contributed by atoms with van der Waals surface area (Å²) in [6, 6.07) is 17.9. The highest BCUT2D eigenvalue weighted by molar-refractivity contribution is 6.32. The van der Waals surface area contributed by atoms with Gasteiger partial charge in [-0.05, 0) is 66.4 Å². The molecule has 3 aromatic carbocycles. The summed E-state index contributed by atoms with van der Waals surface area (Å²) < 4.78 is 16.3. The lowest BCUT2D eigenvalue weighted by molar-refractivity contribution is -0.129. The molecular formula is C28H24ClNO5. The monoisotopic (exact) mass is 489 g/mol. The number of hydrogen-bond acceptors (Lipinski definition) is 6. The first-order chi connectivity index (χ1) is 16.7.